The number of rotatable bonds is 6. The molecule has 2 aromatic heterocycles. The predicted octanol–water partition coefficient (Wildman–Crippen LogP) is 3.76. The van der Waals surface area contributed by atoms with Gasteiger partial charge >= 0.3 is 0 Å². The first-order valence-electron chi connectivity index (χ1n) is 6.35. The number of ketones is 1. The zero-order valence-corrected chi connectivity index (χ0v) is 13.1. The smallest absolute Gasteiger partial charge is 0.270 e. The van der Waals surface area contributed by atoms with E-state index in [1.54, 1.807) is 29.3 Å². The summed E-state index contributed by atoms with van der Waals surface area (Å²) in [5.41, 5.74) is 0.890. The van der Waals surface area contributed by atoms with Crippen LogP contribution in [0.15, 0.2) is 37.1 Å². The zero-order chi connectivity index (χ0) is 15.4. The third-order valence-electron chi connectivity index (χ3n) is 2.93. The van der Waals surface area contributed by atoms with Gasteiger partial charge in [0.05, 0.1) is 10.9 Å². The van der Waals surface area contributed by atoms with Gasteiger partial charge in [-0.05, 0) is 25.1 Å². The summed E-state index contributed by atoms with van der Waals surface area (Å²) in [6.45, 7) is 6.02. The largest absolute Gasteiger partial charge is 0.356 e. The van der Waals surface area contributed by atoms with Crippen LogP contribution in [0.3, 0.4) is 0 Å². The summed E-state index contributed by atoms with van der Waals surface area (Å²) in [5.74, 6) is -0.252. The van der Waals surface area contributed by atoms with E-state index in [2.05, 4.69) is 11.6 Å². The SMILES string of the molecule is C=CCN(Cc1ccc(Cl)s1)C(=O)c1cc(C(C)=O)c[nH]1. The van der Waals surface area contributed by atoms with Gasteiger partial charge in [0.2, 0.25) is 0 Å². The number of thiophene rings is 1. The number of H-pyrrole nitrogens is 1. The molecule has 4 nitrogen and oxygen atoms in total. The fourth-order valence-corrected chi connectivity index (χ4v) is 2.99. The third-order valence-corrected chi connectivity index (χ3v) is 4.15. The van der Waals surface area contributed by atoms with Crippen LogP contribution < -0.4 is 0 Å². The van der Waals surface area contributed by atoms with Crippen LogP contribution in [-0.4, -0.2) is 28.1 Å². The number of hydrogen-bond donors (Lipinski definition) is 1. The minimum atomic E-state index is -0.174. The highest BCUT2D eigenvalue weighted by atomic mass is 35.5. The van der Waals surface area contributed by atoms with Gasteiger partial charge < -0.3 is 9.88 Å². The Bertz CT molecular complexity index is 675. The molecule has 0 fully saturated rings. The number of aromatic nitrogens is 1. The van der Waals surface area contributed by atoms with Gasteiger partial charge in [-0.2, -0.15) is 0 Å². The number of hydrogen-bond acceptors (Lipinski definition) is 3. The van der Waals surface area contributed by atoms with Crippen molar-refractivity contribution in [1.29, 1.82) is 0 Å². The van der Waals surface area contributed by atoms with Gasteiger partial charge in [-0.1, -0.05) is 17.7 Å². The number of aromatic amines is 1. The quantitative estimate of drug-likeness (QED) is 0.650. The van der Waals surface area contributed by atoms with E-state index >= 15 is 0 Å². The van der Waals surface area contributed by atoms with Crippen LogP contribution >= 0.6 is 22.9 Å². The molecule has 0 atom stereocenters. The van der Waals surface area contributed by atoms with Gasteiger partial charge in [0, 0.05) is 23.2 Å². The first kappa shape index (κ1) is 15.5. The van der Waals surface area contributed by atoms with Gasteiger partial charge in [0.25, 0.3) is 5.91 Å². The molecule has 1 N–H and O–H groups in total. The van der Waals surface area contributed by atoms with Gasteiger partial charge in [-0.15, -0.1) is 17.9 Å². The molecule has 21 heavy (non-hydrogen) atoms. The van der Waals surface area contributed by atoms with Crippen LogP contribution in [-0.2, 0) is 6.54 Å². The first-order valence-corrected chi connectivity index (χ1v) is 7.54. The summed E-state index contributed by atoms with van der Waals surface area (Å²) in [4.78, 5) is 29.3. The molecule has 2 rings (SSSR count). The standard InChI is InChI=1S/C15H15ClN2O2S/c1-3-6-18(9-12-4-5-14(16)21-12)15(20)13-7-11(8-17-13)10(2)19/h3-5,7-8,17H,1,6,9H2,2H3. The molecule has 0 aliphatic heterocycles. The second-order valence-electron chi connectivity index (χ2n) is 4.54. The van der Waals surface area contributed by atoms with Crippen LogP contribution in [0.5, 0.6) is 0 Å². The molecule has 2 aromatic rings. The topological polar surface area (TPSA) is 53.2 Å². The van der Waals surface area contributed by atoms with Crippen LogP contribution in [0, 0.1) is 0 Å². The summed E-state index contributed by atoms with van der Waals surface area (Å²) in [7, 11) is 0. The minimum Gasteiger partial charge on any atom is -0.356 e. The maximum atomic E-state index is 12.5. The second-order valence-corrected chi connectivity index (χ2v) is 6.34. The number of carbonyl (C=O) groups excluding carboxylic acids is 2. The summed E-state index contributed by atoms with van der Waals surface area (Å²) >= 11 is 7.34. The van der Waals surface area contributed by atoms with Crippen molar-refractivity contribution in [1.82, 2.24) is 9.88 Å². The van der Waals surface area contributed by atoms with Crippen molar-refractivity contribution >= 4 is 34.6 Å². The average Bonchev–Trinajstić information content (AvgIpc) is 3.06. The summed E-state index contributed by atoms with van der Waals surface area (Å²) in [6, 6.07) is 5.27. The Kier molecular flexibility index (Phi) is 4.98. The monoisotopic (exact) mass is 322 g/mol. The molecule has 0 aliphatic rings. The lowest BCUT2D eigenvalue weighted by Gasteiger charge is -2.19. The summed E-state index contributed by atoms with van der Waals surface area (Å²) in [6.07, 6.45) is 3.21. The second kappa shape index (κ2) is 6.74. The minimum absolute atomic E-state index is 0.0781. The van der Waals surface area contributed by atoms with Crippen molar-refractivity contribution in [3.63, 3.8) is 0 Å². The summed E-state index contributed by atoms with van der Waals surface area (Å²) in [5, 5.41) is 0. The van der Waals surface area contributed by atoms with Crippen molar-refractivity contribution in [3.05, 3.63) is 57.5 Å². The number of halogens is 1. The molecule has 0 unspecified atom stereocenters. The first-order chi connectivity index (χ1) is 10.0. The number of amides is 1. The summed E-state index contributed by atoms with van der Waals surface area (Å²) < 4.78 is 0.690. The molecule has 0 aromatic carbocycles. The molecule has 0 radical (unpaired) electrons. The van der Waals surface area contributed by atoms with E-state index in [9.17, 15) is 9.59 Å². The van der Waals surface area contributed by atoms with E-state index in [4.69, 9.17) is 11.6 Å². The van der Waals surface area contributed by atoms with E-state index in [0.29, 0.717) is 28.7 Å². The Morgan fingerprint density at radius 1 is 1.48 bits per heavy atom. The van der Waals surface area contributed by atoms with E-state index in [1.165, 1.54) is 18.3 Å². The van der Waals surface area contributed by atoms with Crippen LogP contribution in [0.2, 0.25) is 4.34 Å². The molecule has 0 aliphatic carbocycles. The van der Waals surface area contributed by atoms with Gasteiger partial charge in [-0.3, -0.25) is 9.59 Å². The van der Waals surface area contributed by atoms with E-state index in [-0.39, 0.29) is 11.7 Å². The van der Waals surface area contributed by atoms with Crippen molar-refractivity contribution in [3.8, 4) is 0 Å². The van der Waals surface area contributed by atoms with Gasteiger partial charge in [0.15, 0.2) is 5.78 Å². The number of nitrogens with zero attached hydrogens (tertiary/aromatic N) is 1. The fraction of sp³-hybridized carbons (Fsp3) is 0.200. The van der Waals surface area contributed by atoms with Crippen molar-refractivity contribution in [2.45, 2.75) is 13.5 Å². The Morgan fingerprint density at radius 2 is 2.24 bits per heavy atom. The number of Topliss-reactive ketones (excluding diaryl/α,β-unsaturated/α-hetero) is 1. The van der Waals surface area contributed by atoms with Crippen LogP contribution in [0.4, 0.5) is 0 Å². The van der Waals surface area contributed by atoms with Crippen molar-refractivity contribution in [2.75, 3.05) is 6.54 Å². The highest BCUT2D eigenvalue weighted by Gasteiger charge is 2.18. The van der Waals surface area contributed by atoms with Crippen LogP contribution in [0.1, 0.15) is 32.6 Å². The van der Waals surface area contributed by atoms with Crippen LogP contribution in [0.25, 0.3) is 0 Å². The molecule has 0 saturated carbocycles. The van der Waals surface area contributed by atoms with E-state index < -0.39 is 0 Å². The maximum Gasteiger partial charge on any atom is 0.270 e. The normalized spacial score (nSPS) is 10.4. The number of nitrogens with one attached hydrogen (secondary N) is 1. The Labute approximate surface area is 132 Å². The lowest BCUT2D eigenvalue weighted by Crippen LogP contribution is -2.30. The Hall–Kier alpha value is -1.85. The molecule has 0 saturated heterocycles. The highest BCUT2D eigenvalue weighted by Crippen LogP contribution is 2.23. The predicted molar refractivity (Wildman–Crippen MR) is 85.1 cm³/mol. The molecule has 0 spiro atoms. The molecule has 1 amide bonds. The van der Waals surface area contributed by atoms with Crippen molar-refractivity contribution < 1.29 is 9.59 Å². The lowest BCUT2D eigenvalue weighted by molar-refractivity contribution is 0.0759. The maximum absolute atomic E-state index is 12.5. The Morgan fingerprint density at radius 3 is 2.76 bits per heavy atom. The fourth-order valence-electron chi connectivity index (χ4n) is 1.89. The van der Waals surface area contributed by atoms with Gasteiger partial charge in [0.1, 0.15) is 5.69 Å². The average molecular weight is 323 g/mol. The number of carbonyl (C=O) groups is 2. The molecule has 0 bridgehead atoms. The van der Waals surface area contributed by atoms with E-state index in [0.717, 1.165) is 4.88 Å². The van der Waals surface area contributed by atoms with Gasteiger partial charge in [-0.25, -0.2) is 0 Å². The molecular weight excluding hydrogens is 308 g/mol. The Balaban J connectivity index is 2.17. The lowest BCUT2D eigenvalue weighted by atomic mass is 10.2. The zero-order valence-electron chi connectivity index (χ0n) is 11.6. The highest BCUT2D eigenvalue weighted by molar-refractivity contribution is 7.16. The molecule has 6 heteroatoms. The van der Waals surface area contributed by atoms with Crippen molar-refractivity contribution in [2.24, 2.45) is 0 Å². The molecule has 2 heterocycles. The molecule has 110 valence electrons. The molecular formula is C15H15ClN2O2S. The van der Waals surface area contributed by atoms with E-state index in [1.807, 2.05) is 6.07 Å². The third kappa shape index (κ3) is 3.83.